The quantitative estimate of drug-likeness (QED) is 0.856. The van der Waals surface area contributed by atoms with Crippen molar-refractivity contribution in [2.75, 3.05) is 13.1 Å². The first-order chi connectivity index (χ1) is 7.15. The Balaban J connectivity index is 1.98. The summed E-state index contributed by atoms with van der Waals surface area (Å²) in [6.45, 7) is 7.37. The van der Waals surface area contributed by atoms with Gasteiger partial charge in [-0.25, -0.2) is 0 Å². The minimum atomic E-state index is 0.529. The first kappa shape index (κ1) is 11.3. The van der Waals surface area contributed by atoms with E-state index in [1.807, 2.05) is 0 Å². The van der Waals surface area contributed by atoms with E-state index in [9.17, 15) is 0 Å². The summed E-state index contributed by atoms with van der Waals surface area (Å²) >= 11 is 7.22. The van der Waals surface area contributed by atoms with Crippen LogP contribution in [-0.4, -0.2) is 40.3 Å². The smallest absolute Gasteiger partial charge is 0.207 e. The van der Waals surface area contributed by atoms with Crippen LogP contribution >= 0.6 is 22.9 Å². The van der Waals surface area contributed by atoms with Crippen molar-refractivity contribution in [3.63, 3.8) is 0 Å². The zero-order chi connectivity index (χ0) is 10.8. The minimum absolute atomic E-state index is 0.529. The van der Waals surface area contributed by atoms with E-state index in [-0.39, 0.29) is 0 Å². The molecule has 2 rings (SSSR count). The summed E-state index contributed by atoms with van der Waals surface area (Å²) in [5, 5.41) is 12.3. The molecule has 2 heterocycles. The molecule has 1 N–H and O–H groups in total. The van der Waals surface area contributed by atoms with Crippen LogP contribution in [0.15, 0.2) is 0 Å². The van der Waals surface area contributed by atoms with Crippen molar-refractivity contribution in [3.05, 3.63) is 9.47 Å². The van der Waals surface area contributed by atoms with Crippen LogP contribution in [0.4, 0.5) is 0 Å². The third kappa shape index (κ3) is 2.87. The van der Waals surface area contributed by atoms with Crippen molar-refractivity contribution in [2.45, 2.75) is 32.5 Å². The lowest BCUT2D eigenvalue weighted by molar-refractivity contribution is 0.138. The van der Waals surface area contributed by atoms with Crippen molar-refractivity contribution in [2.24, 2.45) is 0 Å². The molecule has 0 aromatic carbocycles. The van der Waals surface area contributed by atoms with E-state index in [0.717, 1.165) is 24.6 Å². The molecule has 1 aromatic heterocycles. The van der Waals surface area contributed by atoms with Crippen LogP contribution in [0.5, 0.6) is 0 Å². The Bertz CT molecular complexity index is 330. The van der Waals surface area contributed by atoms with Crippen LogP contribution in [0.3, 0.4) is 0 Å². The van der Waals surface area contributed by atoms with E-state index < -0.39 is 0 Å². The van der Waals surface area contributed by atoms with Gasteiger partial charge in [-0.05, 0) is 25.4 Å². The summed E-state index contributed by atoms with van der Waals surface area (Å²) in [6.07, 6.45) is 0. The summed E-state index contributed by atoms with van der Waals surface area (Å²) in [7, 11) is 0. The maximum absolute atomic E-state index is 5.76. The summed E-state index contributed by atoms with van der Waals surface area (Å²) in [4.78, 5) is 2.41. The van der Waals surface area contributed by atoms with Crippen LogP contribution in [0, 0.1) is 0 Å². The monoisotopic (exact) mass is 246 g/mol. The van der Waals surface area contributed by atoms with Crippen molar-refractivity contribution < 1.29 is 0 Å². The lowest BCUT2D eigenvalue weighted by Gasteiger charge is -2.36. The van der Waals surface area contributed by atoms with Gasteiger partial charge in [-0.1, -0.05) is 11.3 Å². The first-order valence-corrected chi connectivity index (χ1v) is 6.30. The number of nitrogens with one attached hydrogen (secondary N) is 1. The molecular weight excluding hydrogens is 232 g/mol. The average molecular weight is 247 g/mol. The second-order valence-corrected chi connectivity index (χ2v) is 5.68. The molecule has 2 unspecified atom stereocenters. The molecule has 1 aliphatic rings. The molecule has 0 saturated carbocycles. The number of hydrogen-bond donors (Lipinski definition) is 1. The Morgan fingerprint density at radius 1 is 1.53 bits per heavy atom. The van der Waals surface area contributed by atoms with Crippen molar-refractivity contribution in [3.8, 4) is 0 Å². The van der Waals surface area contributed by atoms with Crippen molar-refractivity contribution in [1.82, 2.24) is 20.4 Å². The molecule has 0 bridgehead atoms. The first-order valence-electron chi connectivity index (χ1n) is 5.10. The Morgan fingerprint density at radius 2 is 2.33 bits per heavy atom. The molecule has 2 atom stereocenters. The van der Waals surface area contributed by atoms with E-state index >= 15 is 0 Å². The van der Waals surface area contributed by atoms with Crippen LogP contribution in [-0.2, 0) is 6.54 Å². The fourth-order valence-corrected chi connectivity index (χ4v) is 2.68. The summed E-state index contributed by atoms with van der Waals surface area (Å²) < 4.78 is 0.529. The second-order valence-electron chi connectivity index (χ2n) is 4.04. The van der Waals surface area contributed by atoms with Gasteiger partial charge in [-0.2, -0.15) is 0 Å². The molecule has 0 radical (unpaired) electrons. The van der Waals surface area contributed by atoms with Crippen LogP contribution in [0.2, 0.25) is 4.47 Å². The molecule has 1 aromatic rings. The zero-order valence-electron chi connectivity index (χ0n) is 8.90. The highest BCUT2D eigenvalue weighted by atomic mass is 35.5. The molecule has 1 saturated heterocycles. The maximum atomic E-state index is 5.76. The fraction of sp³-hybridized carbons (Fsp3) is 0.778. The predicted molar refractivity (Wildman–Crippen MR) is 62.3 cm³/mol. The van der Waals surface area contributed by atoms with E-state index in [1.165, 1.54) is 11.3 Å². The van der Waals surface area contributed by atoms with Crippen LogP contribution < -0.4 is 5.32 Å². The standard InChI is InChI=1S/C9H15ClN4S/c1-6-4-14(7(2)3-11-6)5-8-12-13-9(10)15-8/h6-7,11H,3-5H2,1-2H3. The number of rotatable bonds is 2. The van der Waals surface area contributed by atoms with Crippen LogP contribution in [0.1, 0.15) is 18.9 Å². The molecule has 6 heteroatoms. The highest BCUT2D eigenvalue weighted by Gasteiger charge is 2.23. The topological polar surface area (TPSA) is 41.1 Å². The van der Waals surface area contributed by atoms with E-state index in [0.29, 0.717) is 16.6 Å². The molecule has 1 aliphatic heterocycles. The van der Waals surface area contributed by atoms with Crippen molar-refractivity contribution >= 4 is 22.9 Å². The van der Waals surface area contributed by atoms with Crippen LogP contribution in [0.25, 0.3) is 0 Å². The molecular formula is C9H15ClN4S. The highest BCUT2D eigenvalue weighted by molar-refractivity contribution is 7.15. The molecule has 4 nitrogen and oxygen atoms in total. The normalized spacial score (nSPS) is 28.2. The Hall–Kier alpha value is -0.230. The highest BCUT2D eigenvalue weighted by Crippen LogP contribution is 2.18. The molecule has 0 aliphatic carbocycles. The van der Waals surface area contributed by atoms with Gasteiger partial charge in [0.1, 0.15) is 5.01 Å². The minimum Gasteiger partial charge on any atom is -0.311 e. The Labute approximate surface area is 98.6 Å². The summed E-state index contributed by atoms with van der Waals surface area (Å²) in [6, 6.07) is 1.09. The van der Waals surface area contributed by atoms with Gasteiger partial charge in [0, 0.05) is 25.2 Å². The predicted octanol–water partition coefficient (Wildman–Crippen LogP) is 1.37. The van der Waals surface area contributed by atoms with E-state index in [2.05, 4.69) is 34.3 Å². The maximum Gasteiger partial charge on any atom is 0.207 e. The zero-order valence-corrected chi connectivity index (χ0v) is 10.5. The summed E-state index contributed by atoms with van der Waals surface area (Å²) in [5.74, 6) is 0. The summed E-state index contributed by atoms with van der Waals surface area (Å²) in [5.41, 5.74) is 0. The number of halogens is 1. The number of nitrogens with zero attached hydrogens (tertiary/aromatic N) is 3. The van der Waals surface area contributed by atoms with Gasteiger partial charge in [0.15, 0.2) is 0 Å². The van der Waals surface area contributed by atoms with Gasteiger partial charge >= 0.3 is 0 Å². The van der Waals surface area contributed by atoms with E-state index in [4.69, 9.17) is 11.6 Å². The lowest BCUT2D eigenvalue weighted by Crippen LogP contribution is -2.53. The molecule has 0 spiro atoms. The Kier molecular flexibility index (Phi) is 3.56. The fourth-order valence-electron chi connectivity index (χ4n) is 1.79. The number of piperazine rings is 1. The van der Waals surface area contributed by atoms with Gasteiger partial charge in [0.25, 0.3) is 0 Å². The van der Waals surface area contributed by atoms with Crippen molar-refractivity contribution in [1.29, 1.82) is 0 Å². The van der Waals surface area contributed by atoms with Gasteiger partial charge < -0.3 is 5.32 Å². The SMILES string of the molecule is CC1CN(Cc2nnc(Cl)s2)C(C)CN1. The van der Waals surface area contributed by atoms with Gasteiger partial charge in [0.05, 0.1) is 6.54 Å². The van der Waals surface area contributed by atoms with Gasteiger partial charge in [-0.3, -0.25) is 4.90 Å². The molecule has 0 amide bonds. The number of aromatic nitrogens is 2. The molecule has 1 fully saturated rings. The molecule has 15 heavy (non-hydrogen) atoms. The number of hydrogen-bond acceptors (Lipinski definition) is 5. The molecule has 84 valence electrons. The average Bonchev–Trinajstić information content (AvgIpc) is 2.58. The largest absolute Gasteiger partial charge is 0.311 e. The van der Waals surface area contributed by atoms with E-state index in [1.54, 1.807) is 0 Å². The lowest BCUT2D eigenvalue weighted by atomic mass is 10.1. The third-order valence-electron chi connectivity index (χ3n) is 2.67. The van der Waals surface area contributed by atoms with Gasteiger partial charge in [-0.15, -0.1) is 10.2 Å². The second kappa shape index (κ2) is 4.74. The van der Waals surface area contributed by atoms with Gasteiger partial charge in [0.2, 0.25) is 4.47 Å². The third-order valence-corrected chi connectivity index (χ3v) is 3.68. The Morgan fingerprint density at radius 3 is 3.00 bits per heavy atom.